The second-order valence-corrected chi connectivity index (χ2v) is 8.24. The van der Waals surface area contributed by atoms with E-state index in [1.54, 1.807) is 18.2 Å². The summed E-state index contributed by atoms with van der Waals surface area (Å²) >= 11 is 2.65. The topological polar surface area (TPSA) is 84.0 Å². The Morgan fingerprint density at radius 3 is 2.39 bits per heavy atom. The predicted octanol–water partition coefficient (Wildman–Crippen LogP) is 4.45. The fourth-order valence-electron chi connectivity index (χ4n) is 2.74. The maximum absolute atomic E-state index is 12.3. The maximum atomic E-state index is 12.3. The minimum atomic E-state index is -0.215. The number of rotatable bonds is 6. The number of anilines is 2. The molecule has 0 aliphatic heterocycles. The van der Waals surface area contributed by atoms with Gasteiger partial charge >= 0.3 is 0 Å². The summed E-state index contributed by atoms with van der Waals surface area (Å²) in [7, 11) is 0. The number of benzene rings is 1. The Kier molecular flexibility index (Phi) is 6.43. The fraction of sp³-hybridized carbons (Fsp3) is 0.200. The van der Waals surface area contributed by atoms with Crippen molar-refractivity contribution in [1.82, 2.24) is 10.2 Å². The van der Waals surface area contributed by atoms with Crippen LogP contribution >= 0.6 is 23.1 Å². The number of hydrogen-bond donors (Lipinski definition) is 2. The van der Waals surface area contributed by atoms with Gasteiger partial charge in [0.25, 0.3) is 5.91 Å². The van der Waals surface area contributed by atoms with Gasteiger partial charge in [-0.15, -0.1) is 21.5 Å². The number of thiophene rings is 1. The van der Waals surface area contributed by atoms with E-state index in [4.69, 9.17) is 0 Å². The standard InChI is InChI=1S/C20H20N4O2S2/c1-12-9-13(2)19(14(3)10-12)22-17(25)11-28-18-7-6-16(23-24-18)21-20(26)15-5-4-8-27-15/h4-10H,11H2,1-3H3,(H,22,25)(H,21,23,26). The summed E-state index contributed by atoms with van der Waals surface area (Å²) < 4.78 is 0. The van der Waals surface area contributed by atoms with E-state index in [0.29, 0.717) is 15.7 Å². The molecule has 28 heavy (non-hydrogen) atoms. The molecule has 2 N–H and O–H groups in total. The maximum Gasteiger partial charge on any atom is 0.266 e. The van der Waals surface area contributed by atoms with Crippen molar-refractivity contribution in [3.05, 3.63) is 63.3 Å². The van der Waals surface area contributed by atoms with Crippen molar-refractivity contribution in [3.8, 4) is 0 Å². The number of amides is 2. The summed E-state index contributed by atoms with van der Waals surface area (Å²) in [4.78, 5) is 24.9. The first-order chi connectivity index (χ1) is 13.4. The van der Waals surface area contributed by atoms with E-state index in [-0.39, 0.29) is 17.6 Å². The molecule has 1 aromatic carbocycles. The summed E-state index contributed by atoms with van der Waals surface area (Å²) in [6.45, 7) is 6.00. The highest BCUT2D eigenvalue weighted by Gasteiger charge is 2.11. The van der Waals surface area contributed by atoms with E-state index < -0.39 is 0 Å². The van der Waals surface area contributed by atoms with Crippen molar-refractivity contribution in [2.45, 2.75) is 25.8 Å². The third kappa shape index (κ3) is 5.17. The van der Waals surface area contributed by atoms with Crippen LogP contribution in [0, 0.1) is 20.8 Å². The van der Waals surface area contributed by atoms with Gasteiger partial charge in [0.2, 0.25) is 5.91 Å². The molecule has 2 amide bonds. The van der Waals surface area contributed by atoms with Crippen molar-refractivity contribution >= 4 is 46.4 Å². The summed E-state index contributed by atoms with van der Waals surface area (Å²) in [6.07, 6.45) is 0. The first-order valence-corrected chi connectivity index (χ1v) is 10.5. The zero-order valence-electron chi connectivity index (χ0n) is 15.8. The lowest BCUT2D eigenvalue weighted by atomic mass is 10.1. The Bertz CT molecular complexity index is 963. The van der Waals surface area contributed by atoms with E-state index in [0.717, 1.165) is 16.8 Å². The minimum Gasteiger partial charge on any atom is -0.325 e. The van der Waals surface area contributed by atoms with E-state index in [1.165, 1.54) is 28.7 Å². The summed E-state index contributed by atoms with van der Waals surface area (Å²) in [5, 5.41) is 16.2. The third-order valence-corrected chi connectivity index (χ3v) is 5.71. The van der Waals surface area contributed by atoms with Crippen LogP contribution in [0.1, 0.15) is 26.4 Å². The average molecular weight is 413 g/mol. The molecule has 0 bridgehead atoms. The molecule has 0 fully saturated rings. The van der Waals surface area contributed by atoms with Crippen LogP contribution in [0.3, 0.4) is 0 Å². The number of thioether (sulfide) groups is 1. The van der Waals surface area contributed by atoms with E-state index in [1.807, 2.05) is 44.4 Å². The van der Waals surface area contributed by atoms with Crippen molar-refractivity contribution in [2.24, 2.45) is 0 Å². The van der Waals surface area contributed by atoms with Crippen LogP contribution in [-0.2, 0) is 4.79 Å². The van der Waals surface area contributed by atoms with Crippen LogP contribution in [0.5, 0.6) is 0 Å². The quantitative estimate of drug-likeness (QED) is 0.585. The highest BCUT2D eigenvalue weighted by molar-refractivity contribution is 7.99. The molecule has 0 radical (unpaired) electrons. The summed E-state index contributed by atoms with van der Waals surface area (Å²) in [5.41, 5.74) is 4.11. The molecule has 3 aromatic rings. The number of nitrogens with one attached hydrogen (secondary N) is 2. The number of hydrogen-bond acceptors (Lipinski definition) is 6. The molecule has 0 spiro atoms. The zero-order chi connectivity index (χ0) is 20.1. The predicted molar refractivity (Wildman–Crippen MR) is 114 cm³/mol. The fourth-order valence-corrected chi connectivity index (χ4v) is 3.97. The van der Waals surface area contributed by atoms with Gasteiger partial charge in [0, 0.05) is 5.69 Å². The van der Waals surface area contributed by atoms with Crippen LogP contribution in [-0.4, -0.2) is 27.8 Å². The molecule has 2 heterocycles. The molecule has 144 valence electrons. The van der Waals surface area contributed by atoms with Gasteiger partial charge < -0.3 is 10.6 Å². The van der Waals surface area contributed by atoms with Gasteiger partial charge in [-0.25, -0.2) is 0 Å². The number of nitrogens with zero attached hydrogens (tertiary/aromatic N) is 2. The van der Waals surface area contributed by atoms with Crippen LogP contribution in [0.2, 0.25) is 0 Å². The normalized spacial score (nSPS) is 10.5. The smallest absolute Gasteiger partial charge is 0.266 e. The van der Waals surface area contributed by atoms with Gasteiger partial charge in [0.1, 0.15) is 5.03 Å². The first kappa shape index (κ1) is 20.0. The third-order valence-electron chi connectivity index (χ3n) is 3.92. The molecular formula is C20H20N4O2S2. The summed E-state index contributed by atoms with van der Waals surface area (Å²) in [6, 6.07) is 11.1. The van der Waals surface area contributed by atoms with E-state index >= 15 is 0 Å². The lowest BCUT2D eigenvalue weighted by Gasteiger charge is -2.12. The van der Waals surface area contributed by atoms with Crippen molar-refractivity contribution < 1.29 is 9.59 Å². The molecule has 0 aliphatic rings. The van der Waals surface area contributed by atoms with Crippen molar-refractivity contribution in [3.63, 3.8) is 0 Å². The Morgan fingerprint density at radius 1 is 1.04 bits per heavy atom. The molecular weight excluding hydrogens is 392 g/mol. The molecule has 0 atom stereocenters. The Labute approximate surface area is 171 Å². The van der Waals surface area contributed by atoms with Crippen LogP contribution in [0.25, 0.3) is 0 Å². The molecule has 0 unspecified atom stereocenters. The molecule has 0 saturated heterocycles. The van der Waals surface area contributed by atoms with Gasteiger partial charge in [-0.2, -0.15) is 0 Å². The zero-order valence-corrected chi connectivity index (χ0v) is 17.4. The van der Waals surface area contributed by atoms with Crippen molar-refractivity contribution in [2.75, 3.05) is 16.4 Å². The number of aryl methyl sites for hydroxylation is 3. The van der Waals surface area contributed by atoms with E-state index in [9.17, 15) is 9.59 Å². The van der Waals surface area contributed by atoms with Gasteiger partial charge in [-0.05, 0) is 55.5 Å². The SMILES string of the molecule is Cc1cc(C)c(NC(=O)CSc2ccc(NC(=O)c3cccs3)nn2)c(C)c1. The average Bonchev–Trinajstić information content (AvgIpc) is 3.19. The lowest BCUT2D eigenvalue weighted by Crippen LogP contribution is -2.16. The summed E-state index contributed by atoms with van der Waals surface area (Å²) in [5.74, 6) is 0.283. The lowest BCUT2D eigenvalue weighted by molar-refractivity contribution is -0.113. The molecule has 0 aliphatic carbocycles. The van der Waals surface area contributed by atoms with E-state index in [2.05, 4.69) is 20.8 Å². The number of carbonyl (C=O) groups is 2. The molecule has 0 saturated carbocycles. The Morgan fingerprint density at radius 2 is 1.79 bits per heavy atom. The molecule has 2 aromatic heterocycles. The molecule has 6 nitrogen and oxygen atoms in total. The van der Waals surface area contributed by atoms with Crippen molar-refractivity contribution in [1.29, 1.82) is 0 Å². The van der Waals surface area contributed by atoms with Gasteiger partial charge in [0.15, 0.2) is 5.82 Å². The Hall–Kier alpha value is -2.71. The molecule has 3 rings (SSSR count). The Balaban J connectivity index is 1.53. The second-order valence-electron chi connectivity index (χ2n) is 6.30. The number of aromatic nitrogens is 2. The first-order valence-electron chi connectivity index (χ1n) is 8.61. The van der Waals surface area contributed by atoms with Crippen LogP contribution < -0.4 is 10.6 Å². The van der Waals surface area contributed by atoms with Gasteiger partial charge in [-0.3, -0.25) is 9.59 Å². The highest BCUT2D eigenvalue weighted by Crippen LogP contribution is 2.23. The van der Waals surface area contributed by atoms with Crippen LogP contribution in [0.15, 0.2) is 46.8 Å². The number of carbonyl (C=O) groups excluding carboxylic acids is 2. The van der Waals surface area contributed by atoms with Crippen LogP contribution in [0.4, 0.5) is 11.5 Å². The monoisotopic (exact) mass is 412 g/mol. The van der Waals surface area contributed by atoms with Gasteiger partial charge in [-0.1, -0.05) is 35.5 Å². The largest absolute Gasteiger partial charge is 0.325 e. The minimum absolute atomic E-state index is 0.100. The van der Waals surface area contributed by atoms with Gasteiger partial charge in [0.05, 0.1) is 10.6 Å². The second kappa shape index (κ2) is 8.99. The highest BCUT2D eigenvalue weighted by atomic mass is 32.2. The molecule has 8 heteroatoms.